The van der Waals surface area contributed by atoms with Crippen molar-refractivity contribution in [3.63, 3.8) is 0 Å². The van der Waals surface area contributed by atoms with Gasteiger partial charge in [-0.15, -0.1) is 0 Å². The van der Waals surface area contributed by atoms with Crippen molar-refractivity contribution < 1.29 is 23.6 Å². The van der Waals surface area contributed by atoms with Crippen LogP contribution in [0.1, 0.15) is 82.0 Å². The number of amides is 2. The van der Waals surface area contributed by atoms with Crippen LogP contribution in [-0.4, -0.2) is 70.0 Å². The van der Waals surface area contributed by atoms with Crippen LogP contribution in [0, 0.1) is 0 Å². The summed E-state index contributed by atoms with van der Waals surface area (Å²) in [5.74, 6) is 1.69. The van der Waals surface area contributed by atoms with Gasteiger partial charge in [0.1, 0.15) is 12.2 Å². The third-order valence-corrected chi connectivity index (χ3v) is 7.68. The van der Waals surface area contributed by atoms with E-state index in [1.54, 1.807) is 11.0 Å². The average Bonchev–Trinajstić information content (AvgIpc) is 3.82. The van der Waals surface area contributed by atoms with Gasteiger partial charge in [-0.05, 0) is 58.4 Å². The van der Waals surface area contributed by atoms with Gasteiger partial charge in [-0.3, -0.25) is 0 Å². The van der Waals surface area contributed by atoms with Crippen molar-refractivity contribution in [2.24, 2.45) is 0 Å². The van der Waals surface area contributed by atoms with Crippen molar-refractivity contribution in [2.75, 3.05) is 26.2 Å². The zero-order valence-electron chi connectivity index (χ0n) is 22.6. The molecule has 0 bridgehead atoms. The van der Waals surface area contributed by atoms with Gasteiger partial charge in [0.25, 0.3) is 0 Å². The Balaban J connectivity index is 1.23. The standard InChI is InChI=1S/C29H38N4O5/c1-5-17-36-27(35)33(23-18-22(23)20-9-7-6-8-10-20)19-29(13-14-29)25-30-24(38-31-25)21-11-15-32(16-12-21)26(34)37-28(2,3)4/h5-10,21-23H,1,11-19H2,2-4H3/t22?,23-/m0/s1. The van der Waals surface area contributed by atoms with E-state index in [1.165, 1.54) is 5.56 Å². The predicted octanol–water partition coefficient (Wildman–Crippen LogP) is 5.40. The van der Waals surface area contributed by atoms with E-state index in [1.807, 2.05) is 43.9 Å². The first kappa shape index (κ1) is 26.3. The first-order chi connectivity index (χ1) is 18.2. The molecule has 1 aliphatic heterocycles. The monoisotopic (exact) mass is 522 g/mol. The molecule has 1 aromatic heterocycles. The van der Waals surface area contributed by atoms with E-state index in [9.17, 15) is 9.59 Å². The van der Waals surface area contributed by atoms with Crippen molar-refractivity contribution in [3.8, 4) is 0 Å². The van der Waals surface area contributed by atoms with Gasteiger partial charge in [-0.25, -0.2) is 9.59 Å². The molecule has 204 valence electrons. The summed E-state index contributed by atoms with van der Waals surface area (Å²) in [6.45, 7) is 11.2. The smallest absolute Gasteiger partial charge is 0.410 e. The molecule has 5 rings (SSSR count). The highest BCUT2D eigenvalue weighted by Gasteiger charge is 2.55. The fourth-order valence-electron chi connectivity index (χ4n) is 5.30. The van der Waals surface area contributed by atoms with Crippen LogP contribution in [0.25, 0.3) is 0 Å². The second-order valence-electron chi connectivity index (χ2n) is 11.8. The Labute approximate surface area is 224 Å². The van der Waals surface area contributed by atoms with Gasteiger partial charge < -0.3 is 23.8 Å². The zero-order chi connectivity index (χ0) is 26.9. The van der Waals surface area contributed by atoms with Gasteiger partial charge in [0.15, 0.2) is 5.82 Å². The number of nitrogens with zero attached hydrogens (tertiary/aromatic N) is 4. The van der Waals surface area contributed by atoms with Crippen molar-refractivity contribution in [3.05, 3.63) is 60.3 Å². The van der Waals surface area contributed by atoms with E-state index in [0.717, 1.165) is 32.1 Å². The Bertz CT molecular complexity index is 1150. The molecule has 9 nitrogen and oxygen atoms in total. The average molecular weight is 523 g/mol. The summed E-state index contributed by atoms with van der Waals surface area (Å²) in [6.07, 6.45) is 5.19. The van der Waals surface area contributed by atoms with E-state index in [0.29, 0.717) is 37.3 Å². The predicted molar refractivity (Wildman–Crippen MR) is 141 cm³/mol. The summed E-state index contributed by atoms with van der Waals surface area (Å²) >= 11 is 0. The maximum Gasteiger partial charge on any atom is 0.410 e. The number of piperidine rings is 1. The zero-order valence-corrected chi connectivity index (χ0v) is 22.6. The third-order valence-electron chi connectivity index (χ3n) is 7.68. The lowest BCUT2D eigenvalue weighted by Gasteiger charge is -2.32. The normalized spacial score (nSPS) is 22.4. The molecular formula is C29H38N4O5. The van der Waals surface area contributed by atoms with Crippen molar-refractivity contribution in [1.29, 1.82) is 0 Å². The summed E-state index contributed by atoms with van der Waals surface area (Å²) in [5.41, 5.74) is 0.417. The fourth-order valence-corrected chi connectivity index (χ4v) is 5.30. The molecule has 2 amide bonds. The third kappa shape index (κ3) is 5.87. The molecule has 2 aromatic rings. The summed E-state index contributed by atoms with van der Waals surface area (Å²) in [5, 5.41) is 4.37. The minimum Gasteiger partial charge on any atom is -0.445 e. The van der Waals surface area contributed by atoms with E-state index >= 15 is 0 Å². The highest BCUT2D eigenvalue weighted by atomic mass is 16.6. The summed E-state index contributed by atoms with van der Waals surface area (Å²) in [6, 6.07) is 10.4. The van der Waals surface area contributed by atoms with Crippen LogP contribution in [0.3, 0.4) is 0 Å². The molecule has 2 atom stereocenters. The van der Waals surface area contributed by atoms with Crippen LogP contribution >= 0.6 is 0 Å². The highest BCUT2D eigenvalue weighted by Crippen LogP contribution is 2.52. The lowest BCUT2D eigenvalue weighted by atomic mass is 9.97. The van der Waals surface area contributed by atoms with Gasteiger partial charge in [0.2, 0.25) is 5.89 Å². The van der Waals surface area contributed by atoms with Gasteiger partial charge >= 0.3 is 12.2 Å². The lowest BCUT2D eigenvalue weighted by molar-refractivity contribution is 0.0198. The molecule has 2 heterocycles. The number of hydrogen-bond donors (Lipinski definition) is 0. The molecule has 38 heavy (non-hydrogen) atoms. The second-order valence-corrected chi connectivity index (χ2v) is 11.8. The van der Waals surface area contributed by atoms with E-state index < -0.39 is 5.60 Å². The molecule has 3 fully saturated rings. The molecule has 1 unspecified atom stereocenters. The van der Waals surface area contributed by atoms with E-state index in [-0.39, 0.29) is 36.2 Å². The number of carbonyl (C=O) groups is 2. The fraction of sp³-hybridized carbons (Fsp3) is 0.586. The van der Waals surface area contributed by atoms with Crippen molar-refractivity contribution in [2.45, 2.75) is 81.8 Å². The van der Waals surface area contributed by atoms with Crippen LogP contribution in [0.5, 0.6) is 0 Å². The second kappa shape index (κ2) is 10.4. The summed E-state index contributed by atoms with van der Waals surface area (Å²) < 4.78 is 16.7. The Morgan fingerprint density at radius 1 is 1.21 bits per heavy atom. The number of hydrogen-bond acceptors (Lipinski definition) is 7. The number of rotatable bonds is 8. The number of likely N-dealkylation sites (tertiary alicyclic amines) is 1. The van der Waals surface area contributed by atoms with E-state index in [4.69, 9.17) is 19.0 Å². The van der Waals surface area contributed by atoms with Gasteiger partial charge in [0, 0.05) is 37.5 Å². The highest BCUT2D eigenvalue weighted by molar-refractivity contribution is 5.69. The topological polar surface area (TPSA) is 98.0 Å². The van der Waals surface area contributed by atoms with Gasteiger partial charge in [0.05, 0.1) is 5.41 Å². The van der Waals surface area contributed by atoms with Gasteiger partial charge in [-0.1, -0.05) is 48.1 Å². The largest absolute Gasteiger partial charge is 0.445 e. The molecule has 0 spiro atoms. The number of carbonyl (C=O) groups excluding carboxylic acids is 2. The maximum atomic E-state index is 13.1. The Kier molecular flexibility index (Phi) is 7.20. The van der Waals surface area contributed by atoms with Crippen LogP contribution in [-0.2, 0) is 14.9 Å². The quantitative estimate of drug-likeness (QED) is 0.428. The Morgan fingerprint density at radius 2 is 1.92 bits per heavy atom. The Morgan fingerprint density at radius 3 is 2.55 bits per heavy atom. The van der Waals surface area contributed by atoms with Crippen LogP contribution in [0.2, 0.25) is 0 Å². The Hall–Kier alpha value is -3.36. The SMILES string of the molecule is C=CCOC(=O)N(CC1(c2noc(C3CCN(C(=O)OC(C)(C)C)CC3)n2)CC1)[C@H]1CC1c1ccccc1. The first-order valence-electron chi connectivity index (χ1n) is 13.6. The minimum absolute atomic E-state index is 0.0933. The maximum absolute atomic E-state index is 13.1. The van der Waals surface area contributed by atoms with Crippen molar-refractivity contribution >= 4 is 12.2 Å². The minimum atomic E-state index is -0.512. The molecule has 2 saturated carbocycles. The summed E-state index contributed by atoms with van der Waals surface area (Å²) in [4.78, 5) is 33.9. The number of aromatic nitrogens is 2. The van der Waals surface area contributed by atoms with E-state index in [2.05, 4.69) is 23.9 Å². The number of ether oxygens (including phenoxy) is 2. The molecule has 1 aromatic carbocycles. The molecule has 3 aliphatic rings. The molecule has 0 N–H and O–H groups in total. The molecule has 1 saturated heterocycles. The molecule has 2 aliphatic carbocycles. The van der Waals surface area contributed by atoms with Crippen LogP contribution in [0.4, 0.5) is 9.59 Å². The lowest BCUT2D eigenvalue weighted by Crippen LogP contribution is -2.41. The molecule has 0 radical (unpaired) electrons. The van der Waals surface area contributed by atoms with Crippen LogP contribution in [0.15, 0.2) is 47.5 Å². The van der Waals surface area contributed by atoms with Gasteiger partial charge in [-0.2, -0.15) is 4.98 Å². The van der Waals surface area contributed by atoms with Crippen LogP contribution < -0.4 is 0 Å². The summed E-state index contributed by atoms with van der Waals surface area (Å²) in [7, 11) is 0. The number of benzene rings is 1. The molecular weight excluding hydrogens is 484 g/mol. The molecule has 9 heteroatoms. The van der Waals surface area contributed by atoms with Crippen molar-refractivity contribution in [1.82, 2.24) is 19.9 Å². The first-order valence-corrected chi connectivity index (χ1v) is 13.6.